The molecule has 3 saturated heterocycles. The first-order chi connectivity index (χ1) is 11.5. The molecule has 138 valence electrons. The molecular formula is C20H38N4. The molecule has 3 aliphatic heterocycles. The minimum absolute atomic E-state index is 0.725. The maximum Gasteiger partial charge on any atom is 0.0351 e. The van der Waals surface area contributed by atoms with Crippen LogP contribution in [0.3, 0.4) is 0 Å². The molecule has 0 N–H and O–H groups in total. The summed E-state index contributed by atoms with van der Waals surface area (Å²) < 4.78 is 0. The zero-order chi connectivity index (χ0) is 16.7. The molecule has 4 heteroatoms. The van der Waals surface area contributed by atoms with Gasteiger partial charge in [0.2, 0.25) is 0 Å². The SMILES string of the molecule is CC(C)CC1(CN2CC(CN3CC(N4CCN(C)CC4)C3)C2)CC1. The minimum Gasteiger partial charge on any atom is -0.304 e. The van der Waals surface area contributed by atoms with Crippen LogP contribution in [0.15, 0.2) is 0 Å². The number of rotatable bonds is 7. The molecule has 1 saturated carbocycles. The zero-order valence-electron chi connectivity index (χ0n) is 16.2. The molecule has 4 fully saturated rings. The average molecular weight is 335 g/mol. The highest BCUT2D eigenvalue weighted by molar-refractivity contribution is 4.99. The first-order valence-corrected chi connectivity index (χ1v) is 10.4. The molecule has 0 radical (unpaired) electrons. The molecule has 4 nitrogen and oxygen atoms in total. The largest absolute Gasteiger partial charge is 0.304 e. The van der Waals surface area contributed by atoms with Crippen LogP contribution in [0.25, 0.3) is 0 Å². The van der Waals surface area contributed by atoms with Crippen molar-refractivity contribution >= 4 is 0 Å². The van der Waals surface area contributed by atoms with Gasteiger partial charge in [0.1, 0.15) is 0 Å². The van der Waals surface area contributed by atoms with Gasteiger partial charge in [0.05, 0.1) is 0 Å². The van der Waals surface area contributed by atoms with E-state index in [1.807, 2.05) is 0 Å². The predicted molar refractivity (Wildman–Crippen MR) is 100 cm³/mol. The van der Waals surface area contributed by atoms with Crippen molar-refractivity contribution in [2.45, 2.75) is 39.2 Å². The van der Waals surface area contributed by atoms with E-state index >= 15 is 0 Å². The van der Waals surface area contributed by atoms with Crippen LogP contribution in [-0.4, -0.2) is 98.1 Å². The van der Waals surface area contributed by atoms with E-state index < -0.39 is 0 Å². The zero-order valence-corrected chi connectivity index (χ0v) is 16.2. The highest BCUT2D eigenvalue weighted by atomic mass is 15.4. The topological polar surface area (TPSA) is 13.0 Å². The second-order valence-corrected chi connectivity index (χ2v) is 9.87. The maximum atomic E-state index is 2.75. The lowest BCUT2D eigenvalue weighted by Crippen LogP contribution is -2.65. The third-order valence-electron chi connectivity index (χ3n) is 6.90. The second kappa shape index (κ2) is 6.86. The van der Waals surface area contributed by atoms with E-state index in [4.69, 9.17) is 0 Å². The second-order valence-electron chi connectivity index (χ2n) is 9.87. The van der Waals surface area contributed by atoms with Crippen LogP contribution in [0, 0.1) is 17.3 Å². The summed E-state index contributed by atoms with van der Waals surface area (Å²) in [6.07, 6.45) is 4.43. The van der Waals surface area contributed by atoms with E-state index in [0.717, 1.165) is 23.3 Å². The molecule has 0 aromatic rings. The van der Waals surface area contributed by atoms with Crippen LogP contribution >= 0.6 is 0 Å². The lowest BCUT2D eigenvalue weighted by Gasteiger charge is -2.51. The summed E-state index contributed by atoms with van der Waals surface area (Å²) in [5, 5.41) is 0. The number of hydrogen-bond acceptors (Lipinski definition) is 4. The molecule has 0 unspecified atom stereocenters. The van der Waals surface area contributed by atoms with Crippen molar-refractivity contribution in [3.05, 3.63) is 0 Å². The maximum absolute atomic E-state index is 2.75. The van der Waals surface area contributed by atoms with Crippen LogP contribution in [0.5, 0.6) is 0 Å². The van der Waals surface area contributed by atoms with Crippen molar-refractivity contribution < 1.29 is 0 Å². The molecular weight excluding hydrogens is 296 g/mol. The van der Waals surface area contributed by atoms with Gasteiger partial charge in [-0.1, -0.05) is 13.8 Å². The molecule has 0 spiro atoms. The van der Waals surface area contributed by atoms with Crippen molar-refractivity contribution in [3.8, 4) is 0 Å². The number of hydrogen-bond donors (Lipinski definition) is 0. The van der Waals surface area contributed by atoms with Gasteiger partial charge in [-0.3, -0.25) is 9.80 Å². The number of nitrogens with zero attached hydrogens (tertiary/aromatic N) is 4. The Balaban J connectivity index is 1.10. The Morgan fingerprint density at radius 3 is 2.17 bits per heavy atom. The van der Waals surface area contributed by atoms with E-state index in [9.17, 15) is 0 Å². The van der Waals surface area contributed by atoms with Crippen LogP contribution < -0.4 is 0 Å². The van der Waals surface area contributed by atoms with E-state index in [0.29, 0.717) is 0 Å². The van der Waals surface area contributed by atoms with E-state index in [1.165, 1.54) is 84.7 Å². The van der Waals surface area contributed by atoms with E-state index in [-0.39, 0.29) is 0 Å². The Kier molecular flexibility index (Phi) is 4.94. The molecule has 3 heterocycles. The van der Waals surface area contributed by atoms with Gasteiger partial charge in [0, 0.05) is 71.5 Å². The Morgan fingerprint density at radius 2 is 1.58 bits per heavy atom. The van der Waals surface area contributed by atoms with Crippen LogP contribution in [0.2, 0.25) is 0 Å². The fourth-order valence-corrected chi connectivity index (χ4v) is 5.34. The molecule has 0 aromatic heterocycles. The van der Waals surface area contributed by atoms with Crippen molar-refractivity contribution in [3.63, 3.8) is 0 Å². The third kappa shape index (κ3) is 3.98. The number of piperazine rings is 1. The molecule has 0 bridgehead atoms. The summed E-state index contributed by atoms with van der Waals surface area (Å²) in [5.74, 6) is 1.82. The van der Waals surface area contributed by atoms with E-state index in [2.05, 4.69) is 40.5 Å². The smallest absolute Gasteiger partial charge is 0.0351 e. The summed E-state index contributed by atoms with van der Waals surface area (Å²) in [6, 6.07) is 0.857. The van der Waals surface area contributed by atoms with Crippen LogP contribution in [0.4, 0.5) is 0 Å². The quantitative estimate of drug-likeness (QED) is 0.702. The van der Waals surface area contributed by atoms with Gasteiger partial charge in [-0.05, 0) is 43.6 Å². The van der Waals surface area contributed by atoms with Gasteiger partial charge in [0.15, 0.2) is 0 Å². The molecule has 0 amide bonds. The summed E-state index contributed by atoms with van der Waals surface area (Å²) in [6.45, 7) is 18.0. The Bertz CT molecular complexity index is 413. The highest BCUT2D eigenvalue weighted by Crippen LogP contribution is 2.51. The lowest BCUT2D eigenvalue weighted by molar-refractivity contribution is -0.0222. The number of likely N-dealkylation sites (N-methyl/N-ethyl adjacent to an activating group) is 1. The first-order valence-electron chi connectivity index (χ1n) is 10.4. The monoisotopic (exact) mass is 334 g/mol. The molecule has 0 atom stereocenters. The van der Waals surface area contributed by atoms with Gasteiger partial charge in [-0.2, -0.15) is 0 Å². The van der Waals surface area contributed by atoms with Gasteiger partial charge >= 0.3 is 0 Å². The summed E-state index contributed by atoms with van der Waals surface area (Å²) >= 11 is 0. The van der Waals surface area contributed by atoms with Crippen molar-refractivity contribution in [1.29, 1.82) is 0 Å². The van der Waals surface area contributed by atoms with Crippen LogP contribution in [-0.2, 0) is 0 Å². The molecule has 4 aliphatic rings. The third-order valence-corrected chi connectivity index (χ3v) is 6.90. The summed E-state index contributed by atoms with van der Waals surface area (Å²) in [7, 11) is 2.25. The summed E-state index contributed by atoms with van der Waals surface area (Å²) in [5.41, 5.74) is 0.725. The van der Waals surface area contributed by atoms with Crippen LogP contribution in [0.1, 0.15) is 33.1 Å². The average Bonchev–Trinajstić information content (AvgIpc) is 3.19. The molecule has 4 rings (SSSR count). The molecule has 1 aliphatic carbocycles. The fraction of sp³-hybridized carbons (Fsp3) is 1.00. The van der Waals surface area contributed by atoms with Gasteiger partial charge < -0.3 is 9.80 Å². The standard InChI is InChI=1S/C20H38N4/c1-17(2)10-20(4-5-20)16-23-12-18(13-23)11-22-14-19(15-22)24-8-6-21(3)7-9-24/h17-19H,4-16H2,1-3H3. The van der Waals surface area contributed by atoms with Crippen molar-refractivity contribution in [2.75, 3.05) is 72.5 Å². The Hall–Kier alpha value is -0.160. The minimum atomic E-state index is 0.725. The Labute approximate surface area is 149 Å². The van der Waals surface area contributed by atoms with Gasteiger partial charge in [-0.15, -0.1) is 0 Å². The predicted octanol–water partition coefficient (Wildman–Crippen LogP) is 1.68. The normalized spacial score (nSPS) is 30.5. The molecule has 24 heavy (non-hydrogen) atoms. The van der Waals surface area contributed by atoms with Crippen molar-refractivity contribution in [1.82, 2.24) is 19.6 Å². The molecule has 0 aromatic carbocycles. The van der Waals surface area contributed by atoms with Gasteiger partial charge in [-0.25, -0.2) is 0 Å². The Morgan fingerprint density at radius 1 is 0.917 bits per heavy atom. The summed E-state index contributed by atoms with van der Waals surface area (Å²) in [4.78, 5) is 10.7. The lowest BCUT2D eigenvalue weighted by atomic mass is 9.90. The fourth-order valence-electron chi connectivity index (χ4n) is 5.34. The first kappa shape index (κ1) is 17.3. The van der Waals surface area contributed by atoms with Gasteiger partial charge in [0.25, 0.3) is 0 Å². The van der Waals surface area contributed by atoms with E-state index in [1.54, 1.807) is 0 Å². The van der Waals surface area contributed by atoms with Crippen molar-refractivity contribution in [2.24, 2.45) is 17.3 Å². The number of likely N-dealkylation sites (tertiary alicyclic amines) is 2. The highest BCUT2D eigenvalue weighted by Gasteiger charge is 2.46.